The van der Waals surface area contributed by atoms with Gasteiger partial charge in [-0.1, -0.05) is 13.3 Å². The van der Waals surface area contributed by atoms with Crippen molar-refractivity contribution < 1.29 is 9.59 Å². The van der Waals surface area contributed by atoms with Gasteiger partial charge < -0.3 is 10.2 Å². The maximum Gasteiger partial charge on any atom is 0.245 e. The van der Waals surface area contributed by atoms with Crippen molar-refractivity contribution >= 4 is 11.8 Å². The summed E-state index contributed by atoms with van der Waals surface area (Å²) in [5, 5.41) is 2.71. The molecule has 2 atom stereocenters. The molecule has 19 heavy (non-hydrogen) atoms. The second-order valence-electron chi connectivity index (χ2n) is 4.67. The van der Waals surface area contributed by atoms with Crippen molar-refractivity contribution in [1.29, 1.82) is 0 Å². The highest BCUT2D eigenvalue weighted by atomic mass is 16.2. The first-order valence-electron chi connectivity index (χ1n) is 6.50. The molecule has 1 aromatic heterocycles. The van der Waals surface area contributed by atoms with Crippen LogP contribution in [0.25, 0.3) is 0 Å². The number of rotatable bonds is 4. The summed E-state index contributed by atoms with van der Waals surface area (Å²) in [5.74, 6) is 0.384. The summed E-state index contributed by atoms with van der Waals surface area (Å²) < 4.78 is 0. The van der Waals surface area contributed by atoms with Crippen LogP contribution in [-0.4, -0.2) is 38.8 Å². The van der Waals surface area contributed by atoms with E-state index in [9.17, 15) is 9.59 Å². The molecule has 0 aliphatic carbocycles. The lowest BCUT2D eigenvalue weighted by atomic mass is 10.0. The lowest BCUT2D eigenvalue weighted by Gasteiger charge is -2.37. The Morgan fingerprint density at radius 3 is 2.63 bits per heavy atom. The molecule has 0 bridgehead atoms. The summed E-state index contributed by atoms with van der Waals surface area (Å²) in [6, 6.07) is 0.822. The number of amides is 2. The minimum atomic E-state index is -0.482. The van der Waals surface area contributed by atoms with Gasteiger partial charge in [0.15, 0.2) is 0 Å². The molecule has 1 saturated heterocycles. The van der Waals surface area contributed by atoms with Crippen LogP contribution in [0.15, 0.2) is 18.5 Å². The molecule has 2 unspecified atom stereocenters. The Balaban J connectivity index is 2.21. The fourth-order valence-corrected chi connectivity index (χ4v) is 2.23. The third-order valence-electron chi connectivity index (χ3n) is 3.18. The average Bonchev–Trinajstić information content (AvgIpc) is 2.41. The second-order valence-corrected chi connectivity index (χ2v) is 4.67. The normalized spacial score (nSPS) is 23.4. The molecule has 1 aliphatic rings. The zero-order valence-electron chi connectivity index (χ0n) is 11.2. The molecule has 0 saturated carbocycles. The molecule has 2 amide bonds. The lowest BCUT2D eigenvalue weighted by Crippen LogP contribution is -2.62. The van der Waals surface area contributed by atoms with Crippen molar-refractivity contribution in [3.05, 3.63) is 24.3 Å². The van der Waals surface area contributed by atoms with E-state index in [0.717, 1.165) is 6.42 Å². The molecule has 6 heteroatoms. The summed E-state index contributed by atoms with van der Waals surface area (Å²) >= 11 is 0. The van der Waals surface area contributed by atoms with Gasteiger partial charge in [-0.05, 0) is 19.4 Å². The molecule has 0 spiro atoms. The fourth-order valence-electron chi connectivity index (χ4n) is 2.23. The van der Waals surface area contributed by atoms with Gasteiger partial charge in [-0.15, -0.1) is 0 Å². The highest BCUT2D eigenvalue weighted by molar-refractivity contribution is 5.96. The Morgan fingerprint density at radius 2 is 2.00 bits per heavy atom. The first-order chi connectivity index (χ1) is 9.13. The molecule has 0 aromatic carbocycles. The molecule has 102 valence electrons. The number of hydrogen-bond donors (Lipinski definition) is 1. The fraction of sp³-hybridized carbons (Fsp3) is 0.538. The van der Waals surface area contributed by atoms with Gasteiger partial charge >= 0.3 is 0 Å². The van der Waals surface area contributed by atoms with Crippen molar-refractivity contribution in [2.75, 3.05) is 0 Å². The topological polar surface area (TPSA) is 75.2 Å². The highest BCUT2D eigenvalue weighted by Gasteiger charge is 2.38. The largest absolute Gasteiger partial charge is 0.343 e. The van der Waals surface area contributed by atoms with Gasteiger partial charge in [0.25, 0.3) is 0 Å². The summed E-state index contributed by atoms with van der Waals surface area (Å²) in [7, 11) is 0. The van der Waals surface area contributed by atoms with E-state index in [1.54, 1.807) is 30.3 Å². The number of carbonyl (C=O) groups excluding carboxylic acids is 2. The molecule has 0 radical (unpaired) electrons. The molecule has 1 N–H and O–H groups in total. The van der Waals surface area contributed by atoms with E-state index in [2.05, 4.69) is 15.3 Å². The van der Waals surface area contributed by atoms with Gasteiger partial charge in [-0.2, -0.15) is 0 Å². The second kappa shape index (κ2) is 5.77. The van der Waals surface area contributed by atoms with Crippen molar-refractivity contribution in [1.82, 2.24) is 20.2 Å². The summed E-state index contributed by atoms with van der Waals surface area (Å²) in [6.07, 6.45) is 4.76. The van der Waals surface area contributed by atoms with Crippen LogP contribution in [0.1, 0.15) is 32.5 Å². The maximum absolute atomic E-state index is 12.2. The zero-order valence-corrected chi connectivity index (χ0v) is 11.2. The molecular weight excluding hydrogens is 244 g/mol. The SMILES string of the molecule is CCCC1C(=O)NC(C)C(=O)N1Cc1ncccn1. The quantitative estimate of drug-likeness (QED) is 0.857. The van der Waals surface area contributed by atoms with Gasteiger partial charge in [0.05, 0.1) is 6.54 Å². The Labute approximate surface area is 112 Å². The van der Waals surface area contributed by atoms with E-state index in [-0.39, 0.29) is 18.4 Å². The van der Waals surface area contributed by atoms with Crippen molar-refractivity contribution in [3.63, 3.8) is 0 Å². The summed E-state index contributed by atoms with van der Waals surface area (Å²) in [5.41, 5.74) is 0. The Hall–Kier alpha value is -1.98. The number of aromatic nitrogens is 2. The molecule has 1 fully saturated rings. The van der Waals surface area contributed by atoms with E-state index in [0.29, 0.717) is 12.2 Å². The molecule has 6 nitrogen and oxygen atoms in total. The number of carbonyl (C=O) groups is 2. The van der Waals surface area contributed by atoms with E-state index in [1.165, 1.54) is 0 Å². The molecule has 2 rings (SSSR count). The third kappa shape index (κ3) is 2.89. The van der Waals surface area contributed by atoms with Gasteiger partial charge in [-0.3, -0.25) is 9.59 Å². The van der Waals surface area contributed by atoms with Crippen LogP contribution < -0.4 is 5.32 Å². The first-order valence-corrected chi connectivity index (χ1v) is 6.50. The standard InChI is InChI=1S/C13H18N4O2/c1-3-5-10-12(18)16-9(2)13(19)17(10)8-11-14-6-4-7-15-11/h4,6-7,9-10H,3,5,8H2,1-2H3,(H,16,18). The number of nitrogens with zero attached hydrogens (tertiary/aromatic N) is 3. The van der Waals surface area contributed by atoms with Gasteiger partial charge in [-0.25, -0.2) is 9.97 Å². The molecule has 1 aromatic rings. The Bertz CT molecular complexity index is 463. The van der Waals surface area contributed by atoms with Crippen molar-refractivity contribution in [2.24, 2.45) is 0 Å². The average molecular weight is 262 g/mol. The van der Waals surface area contributed by atoms with Crippen molar-refractivity contribution in [3.8, 4) is 0 Å². The molecule has 1 aliphatic heterocycles. The summed E-state index contributed by atoms with van der Waals surface area (Å²) in [6.45, 7) is 3.97. The van der Waals surface area contributed by atoms with Crippen LogP contribution in [0.2, 0.25) is 0 Å². The number of hydrogen-bond acceptors (Lipinski definition) is 4. The van der Waals surface area contributed by atoms with Crippen LogP contribution in [0.4, 0.5) is 0 Å². The summed E-state index contributed by atoms with van der Waals surface area (Å²) in [4.78, 5) is 34.0. The van der Waals surface area contributed by atoms with Crippen LogP contribution in [-0.2, 0) is 16.1 Å². The minimum absolute atomic E-state index is 0.0782. The van der Waals surface area contributed by atoms with E-state index >= 15 is 0 Å². The van der Waals surface area contributed by atoms with Crippen LogP contribution in [0.3, 0.4) is 0 Å². The predicted molar refractivity (Wildman–Crippen MR) is 68.9 cm³/mol. The Morgan fingerprint density at radius 1 is 1.32 bits per heavy atom. The van der Waals surface area contributed by atoms with Crippen LogP contribution >= 0.6 is 0 Å². The maximum atomic E-state index is 12.2. The van der Waals surface area contributed by atoms with E-state index in [1.807, 2.05) is 6.92 Å². The van der Waals surface area contributed by atoms with E-state index < -0.39 is 12.1 Å². The first kappa shape index (κ1) is 13.5. The van der Waals surface area contributed by atoms with Crippen LogP contribution in [0, 0.1) is 0 Å². The smallest absolute Gasteiger partial charge is 0.245 e. The third-order valence-corrected chi connectivity index (χ3v) is 3.18. The lowest BCUT2D eigenvalue weighted by molar-refractivity contribution is -0.149. The predicted octanol–water partition coefficient (Wildman–Crippen LogP) is 0.492. The molecule has 2 heterocycles. The number of nitrogens with one attached hydrogen (secondary N) is 1. The van der Waals surface area contributed by atoms with E-state index in [4.69, 9.17) is 0 Å². The molecular formula is C13H18N4O2. The van der Waals surface area contributed by atoms with Gasteiger partial charge in [0.1, 0.15) is 17.9 Å². The van der Waals surface area contributed by atoms with Crippen LogP contribution in [0.5, 0.6) is 0 Å². The van der Waals surface area contributed by atoms with Crippen molar-refractivity contribution in [2.45, 2.75) is 45.3 Å². The van der Waals surface area contributed by atoms with Gasteiger partial charge in [0, 0.05) is 12.4 Å². The Kier molecular flexibility index (Phi) is 4.09. The minimum Gasteiger partial charge on any atom is -0.343 e. The van der Waals surface area contributed by atoms with Gasteiger partial charge in [0.2, 0.25) is 11.8 Å². The zero-order chi connectivity index (χ0) is 13.8. The monoisotopic (exact) mass is 262 g/mol. The number of piperazine rings is 1. The highest BCUT2D eigenvalue weighted by Crippen LogP contribution is 2.16.